The van der Waals surface area contributed by atoms with Crippen LogP contribution in [-0.4, -0.2) is 24.5 Å². The lowest BCUT2D eigenvalue weighted by Crippen LogP contribution is -2.36. The summed E-state index contributed by atoms with van der Waals surface area (Å²) in [6.07, 6.45) is 3.26. The summed E-state index contributed by atoms with van der Waals surface area (Å²) in [6.45, 7) is 2.29. The molecule has 1 N–H and O–H groups in total. The van der Waals surface area contributed by atoms with Crippen molar-refractivity contribution < 1.29 is 18.4 Å². The maximum absolute atomic E-state index is 12.5. The van der Waals surface area contributed by atoms with E-state index in [1.807, 2.05) is 53.4 Å². The van der Waals surface area contributed by atoms with E-state index in [0.717, 1.165) is 22.6 Å². The first-order chi connectivity index (χ1) is 13.2. The van der Waals surface area contributed by atoms with E-state index in [0.29, 0.717) is 26.2 Å². The molecule has 0 aliphatic carbocycles. The Labute approximate surface area is 158 Å². The van der Waals surface area contributed by atoms with Gasteiger partial charge in [0.1, 0.15) is 11.5 Å². The largest absolute Gasteiger partial charge is 0.468 e. The maximum Gasteiger partial charge on any atom is 0.234 e. The molecule has 0 unspecified atom stereocenters. The van der Waals surface area contributed by atoms with Gasteiger partial charge in [-0.25, -0.2) is 0 Å². The molecule has 2 aromatic heterocycles. The Kier molecular flexibility index (Phi) is 6.84. The maximum atomic E-state index is 12.5. The Bertz CT molecular complexity index is 776. The van der Waals surface area contributed by atoms with Crippen LogP contribution >= 0.6 is 0 Å². The summed E-state index contributed by atoms with van der Waals surface area (Å²) in [6, 6.07) is 15.4. The number of amides is 1. The van der Waals surface area contributed by atoms with Gasteiger partial charge in [-0.1, -0.05) is 24.3 Å². The molecule has 0 aliphatic rings. The van der Waals surface area contributed by atoms with Crippen molar-refractivity contribution in [3.05, 3.63) is 83.7 Å². The lowest BCUT2D eigenvalue weighted by Gasteiger charge is -2.20. The predicted octanol–water partition coefficient (Wildman–Crippen LogP) is 3.34. The van der Waals surface area contributed by atoms with Crippen molar-refractivity contribution >= 4 is 5.91 Å². The average Bonchev–Trinajstić information content (AvgIpc) is 3.35. The van der Waals surface area contributed by atoms with Gasteiger partial charge in [0.25, 0.3) is 0 Å². The van der Waals surface area contributed by atoms with Gasteiger partial charge in [0, 0.05) is 13.7 Å². The van der Waals surface area contributed by atoms with Crippen molar-refractivity contribution in [1.82, 2.24) is 10.2 Å². The normalized spacial score (nSPS) is 11.0. The van der Waals surface area contributed by atoms with Gasteiger partial charge >= 0.3 is 0 Å². The van der Waals surface area contributed by atoms with Crippen LogP contribution in [0, 0.1) is 0 Å². The summed E-state index contributed by atoms with van der Waals surface area (Å²) in [4.78, 5) is 14.5. The monoisotopic (exact) mass is 368 g/mol. The van der Waals surface area contributed by atoms with Crippen molar-refractivity contribution in [3.8, 4) is 0 Å². The van der Waals surface area contributed by atoms with Crippen molar-refractivity contribution in [2.75, 3.05) is 13.7 Å². The summed E-state index contributed by atoms with van der Waals surface area (Å²) in [5, 5.41) is 2.99. The Morgan fingerprint density at radius 1 is 0.963 bits per heavy atom. The summed E-state index contributed by atoms with van der Waals surface area (Å²) < 4.78 is 16.1. The number of methoxy groups -OCH3 is 1. The molecule has 0 atom stereocenters. The quantitative estimate of drug-likeness (QED) is 0.594. The summed E-state index contributed by atoms with van der Waals surface area (Å²) >= 11 is 0. The first-order valence-corrected chi connectivity index (χ1v) is 8.84. The lowest BCUT2D eigenvalue weighted by molar-refractivity contribution is -0.122. The number of furan rings is 2. The van der Waals surface area contributed by atoms with Crippen LogP contribution in [0.5, 0.6) is 0 Å². The van der Waals surface area contributed by atoms with Crippen LogP contribution in [0.1, 0.15) is 22.6 Å². The number of hydrogen-bond donors (Lipinski definition) is 1. The minimum atomic E-state index is -0.0552. The van der Waals surface area contributed by atoms with Crippen molar-refractivity contribution in [2.24, 2.45) is 0 Å². The van der Waals surface area contributed by atoms with Gasteiger partial charge in [-0.15, -0.1) is 0 Å². The minimum Gasteiger partial charge on any atom is -0.468 e. The average molecular weight is 368 g/mol. The fourth-order valence-electron chi connectivity index (χ4n) is 2.89. The molecule has 0 saturated carbocycles. The molecule has 142 valence electrons. The molecule has 0 saturated heterocycles. The van der Waals surface area contributed by atoms with E-state index in [4.69, 9.17) is 13.6 Å². The predicted molar refractivity (Wildman–Crippen MR) is 101 cm³/mol. The molecule has 3 rings (SSSR count). The third-order valence-electron chi connectivity index (χ3n) is 4.18. The summed E-state index contributed by atoms with van der Waals surface area (Å²) in [5.74, 6) is 1.56. The van der Waals surface area contributed by atoms with E-state index in [1.165, 1.54) is 0 Å². The van der Waals surface area contributed by atoms with Gasteiger partial charge in [0.05, 0.1) is 38.8 Å². The van der Waals surface area contributed by atoms with Gasteiger partial charge in [-0.3, -0.25) is 9.69 Å². The zero-order chi connectivity index (χ0) is 18.9. The van der Waals surface area contributed by atoms with Gasteiger partial charge < -0.3 is 18.9 Å². The fraction of sp³-hybridized carbons (Fsp3) is 0.286. The zero-order valence-corrected chi connectivity index (χ0v) is 15.4. The van der Waals surface area contributed by atoms with Crippen molar-refractivity contribution in [1.29, 1.82) is 0 Å². The SMILES string of the molecule is COCc1ccccc1CNC(=O)CN(Cc1ccco1)Cc1ccco1. The molecule has 0 aliphatic heterocycles. The molecule has 0 radical (unpaired) electrons. The van der Waals surface area contributed by atoms with Gasteiger partial charge in [0.2, 0.25) is 5.91 Å². The number of rotatable bonds is 10. The second-order valence-electron chi connectivity index (χ2n) is 6.28. The Morgan fingerprint density at radius 2 is 1.59 bits per heavy atom. The van der Waals surface area contributed by atoms with E-state index in [9.17, 15) is 4.79 Å². The van der Waals surface area contributed by atoms with Crippen LogP contribution in [0.4, 0.5) is 0 Å². The first-order valence-electron chi connectivity index (χ1n) is 8.84. The molecule has 2 heterocycles. The zero-order valence-electron chi connectivity index (χ0n) is 15.4. The third-order valence-corrected chi connectivity index (χ3v) is 4.18. The smallest absolute Gasteiger partial charge is 0.234 e. The highest BCUT2D eigenvalue weighted by atomic mass is 16.5. The molecule has 1 amide bonds. The molecule has 6 heteroatoms. The molecule has 0 spiro atoms. The standard InChI is InChI=1S/C21H24N2O4/c1-25-16-18-7-3-2-6-17(18)12-22-21(24)15-23(13-19-8-4-10-26-19)14-20-9-5-11-27-20/h2-11H,12-16H2,1H3,(H,22,24). The molecule has 27 heavy (non-hydrogen) atoms. The van der Waals surface area contributed by atoms with Crippen LogP contribution in [0.25, 0.3) is 0 Å². The van der Waals surface area contributed by atoms with Crippen LogP contribution in [-0.2, 0) is 35.8 Å². The van der Waals surface area contributed by atoms with E-state index in [-0.39, 0.29) is 12.5 Å². The number of hydrogen-bond acceptors (Lipinski definition) is 5. The highest BCUT2D eigenvalue weighted by molar-refractivity contribution is 5.78. The van der Waals surface area contributed by atoms with Crippen molar-refractivity contribution in [2.45, 2.75) is 26.2 Å². The van der Waals surface area contributed by atoms with E-state index in [2.05, 4.69) is 5.32 Å². The highest BCUT2D eigenvalue weighted by Crippen LogP contribution is 2.12. The number of nitrogens with zero attached hydrogens (tertiary/aromatic N) is 1. The number of nitrogens with one attached hydrogen (secondary N) is 1. The van der Waals surface area contributed by atoms with Crippen LogP contribution in [0.3, 0.4) is 0 Å². The molecule has 3 aromatic rings. The van der Waals surface area contributed by atoms with E-state index in [1.54, 1.807) is 19.6 Å². The van der Waals surface area contributed by atoms with E-state index < -0.39 is 0 Å². The molecule has 1 aromatic carbocycles. The van der Waals surface area contributed by atoms with Crippen LogP contribution in [0.2, 0.25) is 0 Å². The van der Waals surface area contributed by atoms with Gasteiger partial charge in [-0.2, -0.15) is 0 Å². The fourth-order valence-corrected chi connectivity index (χ4v) is 2.89. The van der Waals surface area contributed by atoms with E-state index >= 15 is 0 Å². The number of carbonyl (C=O) groups is 1. The molecular formula is C21H24N2O4. The summed E-state index contributed by atoms with van der Waals surface area (Å²) in [5.41, 5.74) is 2.12. The number of ether oxygens (including phenoxy) is 1. The van der Waals surface area contributed by atoms with Crippen molar-refractivity contribution in [3.63, 3.8) is 0 Å². The van der Waals surface area contributed by atoms with Crippen LogP contribution < -0.4 is 5.32 Å². The Morgan fingerprint density at radius 3 is 2.15 bits per heavy atom. The first kappa shape index (κ1) is 18.9. The number of carbonyl (C=O) groups excluding carboxylic acids is 1. The van der Waals surface area contributed by atoms with Gasteiger partial charge in [0.15, 0.2) is 0 Å². The Hall–Kier alpha value is -2.83. The second-order valence-corrected chi connectivity index (χ2v) is 6.28. The molecule has 0 fully saturated rings. The minimum absolute atomic E-state index is 0.0552. The molecular weight excluding hydrogens is 344 g/mol. The third kappa shape index (κ3) is 5.84. The van der Waals surface area contributed by atoms with Crippen LogP contribution in [0.15, 0.2) is 69.9 Å². The number of benzene rings is 1. The summed E-state index contributed by atoms with van der Waals surface area (Å²) in [7, 11) is 1.66. The highest BCUT2D eigenvalue weighted by Gasteiger charge is 2.15. The second kappa shape index (κ2) is 9.75. The lowest BCUT2D eigenvalue weighted by atomic mass is 10.1. The molecule has 0 bridgehead atoms. The topological polar surface area (TPSA) is 67.8 Å². The van der Waals surface area contributed by atoms with Gasteiger partial charge in [-0.05, 0) is 35.4 Å². The Balaban J connectivity index is 1.58. The molecule has 6 nitrogen and oxygen atoms in total.